The van der Waals surface area contributed by atoms with Gasteiger partial charge in [-0.05, 0) is 143 Å². The maximum atomic E-state index is 13.5. The molecule has 1 N–H and O–H groups in total. The van der Waals surface area contributed by atoms with Crippen molar-refractivity contribution in [3.63, 3.8) is 0 Å². The maximum absolute atomic E-state index is 13.5. The lowest BCUT2D eigenvalue weighted by atomic mass is 9.35. The molecule has 31 heavy (non-hydrogen) atoms. The molecule has 0 heterocycles. The van der Waals surface area contributed by atoms with Gasteiger partial charge in [-0.15, -0.1) is 0 Å². The van der Waals surface area contributed by atoms with E-state index < -0.39 is 5.60 Å². The van der Waals surface area contributed by atoms with Gasteiger partial charge in [0, 0.05) is 10.8 Å². The molecule has 0 spiro atoms. The fourth-order valence-electron chi connectivity index (χ4n) is 11.4. The molecular weight excluding hydrogens is 380 g/mol. The Morgan fingerprint density at radius 1 is 0.742 bits per heavy atom. The number of aliphatic hydroxyl groups is 1. The monoisotopic (exact) mass is 420 g/mol. The molecule has 8 aliphatic rings. The van der Waals surface area contributed by atoms with Crippen LogP contribution in [0.5, 0.6) is 5.75 Å². The van der Waals surface area contributed by atoms with E-state index >= 15 is 0 Å². The number of ether oxygens (including phenoxy) is 1. The van der Waals surface area contributed by atoms with Crippen molar-refractivity contribution < 1.29 is 9.84 Å². The zero-order valence-corrected chi connectivity index (χ0v) is 19.5. The Hall–Kier alpha value is -1.02. The van der Waals surface area contributed by atoms with Crippen molar-refractivity contribution in [1.82, 2.24) is 0 Å². The third kappa shape index (κ3) is 2.49. The van der Waals surface area contributed by atoms with Crippen molar-refractivity contribution in [1.29, 1.82) is 0 Å². The van der Waals surface area contributed by atoms with E-state index in [2.05, 4.69) is 25.1 Å². The first kappa shape index (κ1) is 19.4. The molecule has 0 unspecified atom stereocenters. The highest BCUT2D eigenvalue weighted by Gasteiger charge is 2.70. The van der Waals surface area contributed by atoms with Gasteiger partial charge in [-0.25, -0.2) is 0 Å². The third-order valence-electron chi connectivity index (χ3n) is 11.4. The van der Waals surface area contributed by atoms with Crippen LogP contribution in [-0.2, 0) is 5.60 Å². The van der Waals surface area contributed by atoms with E-state index in [1.54, 1.807) is 7.11 Å². The highest BCUT2D eigenvalue weighted by Crippen LogP contribution is 2.75. The Kier molecular flexibility index (Phi) is 3.96. The fourth-order valence-corrected chi connectivity index (χ4v) is 11.4. The summed E-state index contributed by atoms with van der Waals surface area (Å²) in [6.07, 6.45) is 16.3. The summed E-state index contributed by atoms with van der Waals surface area (Å²) in [4.78, 5) is 0. The number of benzene rings is 1. The smallest absolute Gasteiger partial charge is 0.119 e. The van der Waals surface area contributed by atoms with Crippen molar-refractivity contribution >= 4 is 0 Å². The van der Waals surface area contributed by atoms with Crippen molar-refractivity contribution in [3.05, 3.63) is 29.3 Å². The van der Waals surface area contributed by atoms with Crippen molar-refractivity contribution in [2.45, 2.75) is 89.6 Å². The van der Waals surface area contributed by atoms with Gasteiger partial charge in [0.2, 0.25) is 0 Å². The number of aryl methyl sites for hydroxylation is 1. The van der Waals surface area contributed by atoms with E-state index in [0.29, 0.717) is 0 Å². The van der Waals surface area contributed by atoms with Crippen LogP contribution in [-0.4, -0.2) is 12.2 Å². The Morgan fingerprint density at radius 2 is 1.13 bits per heavy atom. The van der Waals surface area contributed by atoms with E-state index in [0.717, 1.165) is 41.3 Å². The molecule has 0 amide bonds. The van der Waals surface area contributed by atoms with Gasteiger partial charge in [-0.1, -0.05) is 6.07 Å². The molecule has 9 rings (SSSR count). The second-order valence-corrected chi connectivity index (χ2v) is 13.3. The molecule has 0 saturated heterocycles. The highest BCUT2D eigenvalue weighted by atomic mass is 16.5. The Morgan fingerprint density at radius 3 is 1.45 bits per heavy atom. The van der Waals surface area contributed by atoms with Gasteiger partial charge in [0.25, 0.3) is 0 Å². The molecule has 2 heteroatoms. The van der Waals surface area contributed by atoms with E-state index in [9.17, 15) is 5.11 Å². The first-order chi connectivity index (χ1) is 14.9. The third-order valence-corrected chi connectivity index (χ3v) is 11.4. The standard InChI is InChI=1S/C29H40O2/c1-18-5-25(31-2)3-4-26(18)29(30,27-12-19-6-20(13-27)8-21(7-19)14-27)28-15-22-9-23(16-28)11-24(10-22)17-28/h3-5,19-24,30H,6-17H2,1-2H3. The molecule has 8 aliphatic carbocycles. The molecule has 0 aromatic heterocycles. The van der Waals surface area contributed by atoms with Crippen LogP contribution in [0, 0.1) is 53.3 Å². The minimum absolute atomic E-state index is 0.104. The molecule has 0 radical (unpaired) electrons. The van der Waals surface area contributed by atoms with Gasteiger partial charge in [-0.3, -0.25) is 0 Å². The van der Waals surface area contributed by atoms with Crippen molar-refractivity contribution in [2.75, 3.05) is 7.11 Å². The molecular formula is C29H40O2. The highest BCUT2D eigenvalue weighted by molar-refractivity contribution is 5.42. The zero-order chi connectivity index (χ0) is 21.0. The SMILES string of the molecule is COc1ccc(C(O)(C23CC4CC(CC(C4)C2)C3)C23CC4CC(CC(C4)C2)C3)c(C)c1. The van der Waals surface area contributed by atoms with E-state index in [-0.39, 0.29) is 10.8 Å². The summed E-state index contributed by atoms with van der Waals surface area (Å²) in [7, 11) is 1.76. The lowest BCUT2D eigenvalue weighted by Gasteiger charge is -2.71. The van der Waals surface area contributed by atoms with Crippen molar-refractivity contribution in [2.24, 2.45) is 46.3 Å². The quantitative estimate of drug-likeness (QED) is 0.593. The summed E-state index contributed by atoms with van der Waals surface area (Å²) >= 11 is 0. The average Bonchev–Trinajstić information content (AvgIpc) is 2.71. The van der Waals surface area contributed by atoms with Gasteiger partial charge < -0.3 is 9.84 Å². The van der Waals surface area contributed by atoms with Crippen LogP contribution in [0.25, 0.3) is 0 Å². The summed E-state index contributed by atoms with van der Waals surface area (Å²) in [5, 5.41) is 13.5. The zero-order valence-electron chi connectivity index (χ0n) is 19.5. The molecule has 0 aliphatic heterocycles. The Bertz CT molecular complexity index is 783. The lowest BCUT2D eigenvalue weighted by molar-refractivity contribution is -0.277. The van der Waals surface area contributed by atoms with Gasteiger partial charge in [0.05, 0.1) is 7.11 Å². The van der Waals surface area contributed by atoms with Crippen LogP contribution >= 0.6 is 0 Å². The van der Waals surface area contributed by atoms with Gasteiger partial charge in [0.15, 0.2) is 0 Å². The van der Waals surface area contributed by atoms with Crippen LogP contribution < -0.4 is 4.74 Å². The Balaban J connectivity index is 1.43. The number of hydrogen-bond donors (Lipinski definition) is 1. The normalized spacial score (nSPS) is 48.7. The average molecular weight is 421 g/mol. The molecule has 1 aromatic rings. The molecule has 8 saturated carbocycles. The summed E-state index contributed by atoms with van der Waals surface area (Å²) in [6, 6.07) is 6.61. The summed E-state index contributed by atoms with van der Waals surface area (Å²) in [5.74, 6) is 6.13. The first-order valence-corrected chi connectivity index (χ1v) is 13.3. The number of hydrogen-bond acceptors (Lipinski definition) is 2. The van der Waals surface area contributed by atoms with Gasteiger partial charge in [0.1, 0.15) is 11.4 Å². The van der Waals surface area contributed by atoms with Crippen LogP contribution in [0.2, 0.25) is 0 Å². The van der Waals surface area contributed by atoms with Crippen LogP contribution in [0.1, 0.15) is 88.2 Å². The van der Waals surface area contributed by atoms with Crippen LogP contribution in [0.15, 0.2) is 18.2 Å². The number of rotatable bonds is 4. The minimum atomic E-state index is -0.664. The summed E-state index contributed by atoms with van der Waals surface area (Å²) < 4.78 is 5.58. The lowest BCUT2D eigenvalue weighted by Crippen LogP contribution is -2.67. The molecule has 8 fully saturated rings. The number of methoxy groups -OCH3 is 1. The molecule has 0 atom stereocenters. The first-order valence-electron chi connectivity index (χ1n) is 13.3. The van der Waals surface area contributed by atoms with Crippen molar-refractivity contribution in [3.8, 4) is 5.75 Å². The Labute approximate surface area is 188 Å². The van der Waals surface area contributed by atoms with E-state index in [1.807, 2.05) is 0 Å². The second kappa shape index (κ2) is 6.31. The molecule has 8 bridgehead atoms. The predicted molar refractivity (Wildman–Crippen MR) is 123 cm³/mol. The molecule has 168 valence electrons. The minimum Gasteiger partial charge on any atom is -0.497 e. The second-order valence-electron chi connectivity index (χ2n) is 13.3. The largest absolute Gasteiger partial charge is 0.497 e. The fraction of sp³-hybridized carbons (Fsp3) is 0.793. The topological polar surface area (TPSA) is 29.5 Å². The van der Waals surface area contributed by atoms with E-state index in [1.165, 1.54) is 88.2 Å². The molecule has 1 aromatic carbocycles. The van der Waals surface area contributed by atoms with Crippen LogP contribution in [0.3, 0.4) is 0 Å². The van der Waals surface area contributed by atoms with Gasteiger partial charge in [-0.2, -0.15) is 0 Å². The van der Waals surface area contributed by atoms with Crippen LogP contribution in [0.4, 0.5) is 0 Å². The molecule has 2 nitrogen and oxygen atoms in total. The maximum Gasteiger partial charge on any atom is 0.119 e. The predicted octanol–water partition coefficient (Wildman–Crippen LogP) is 6.62. The van der Waals surface area contributed by atoms with Gasteiger partial charge >= 0.3 is 0 Å². The van der Waals surface area contributed by atoms with E-state index in [4.69, 9.17) is 4.74 Å². The summed E-state index contributed by atoms with van der Waals surface area (Å²) in [6.45, 7) is 2.24. The summed E-state index contributed by atoms with van der Waals surface area (Å²) in [5.41, 5.74) is 2.08.